The van der Waals surface area contributed by atoms with Crippen LogP contribution in [0.15, 0.2) is 47.7 Å². The Bertz CT molecular complexity index is 1010. The molecule has 2 aromatic carbocycles. The van der Waals surface area contributed by atoms with Crippen molar-refractivity contribution < 1.29 is 28.5 Å². The standard InChI is InChI=1S/C23H27N3O6/c1-6-32-16-9-7-15(8-10-16)25-22(27)19-13(2)24-23(28)26-20(19)14-11-17(29-3)21(31-5)18(12-14)30-4/h7-12,20H,6H2,1-5H3,(H,25,27)(H2,24,26,28). The highest BCUT2D eigenvalue weighted by Gasteiger charge is 2.32. The van der Waals surface area contributed by atoms with E-state index in [4.69, 9.17) is 18.9 Å². The molecule has 1 aliphatic heterocycles. The average molecular weight is 441 g/mol. The van der Waals surface area contributed by atoms with Gasteiger partial charge in [-0.05, 0) is 55.8 Å². The highest BCUT2D eigenvalue weighted by Crippen LogP contribution is 2.41. The van der Waals surface area contributed by atoms with Gasteiger partial charge in [-0.3, -0.25) is 4.79 Å². The molecule has 3 rings (SSSR count). The van der Waals surface area contributed by atoms with Crippen LogP contribution in [-0.2, 0) is 4.79 Å². The van der Waals surface area contributed by atoms with Gasteiger partial charge in [0.25, 0.3) is 5.91 Å². The number of carbonyl (C=O) groups is 2. The van der Waals surface area contributed by atoms with Gasteiger partial charge in [0.15, 0.2) is 11.5 Å². The van der Waals surface area contributed by atoms with E-state index in [0.717, 1.165) is 0 Å². The van der Waals surface area contributed by atoms with Crippen molar-refractivity contribution in [1.82, 2.24) is 10.6 Å². The predicted octanol–water partition coefficient (Wildman–Crippen LogP) is 3.38. The first kappa shape index (κ1) is 22.8. The summed E-state index contributed by atoms with van der Waals surface area (Å²) < 4.78 is 21.7. The molecule has 0 bridgehead atoms. The van der Waals surface area contributed by atoms with E-state index in [-0.39, 0.29) is 5.91 Å². The van der Waals surface area contributed by atoms with Crippen molar-refractivity contribution in [2.24, 2.45) is 0 Å². The summed E-state index contributed by atoms with van der Waals surface area (Å²) in [6.07, 6.45) is 0. The van der Waals surface area contributed by atoms with Crippen LogP contribution in [0.2, 0.25) is 0 Å². The number of ether oxygens (including phenoxy) is 4. The molecule has 0 radical (unpaired) electrons. The number of anilines is 1. The summed E-state index contributed by atoms with van der Waals surface area (Å²) in [5.41, 5.74) is 1.99. The lowest BCUT2D eigenvalue weighted by Crippen LogP contribution is -2.46. The van der Waals surface area contributed by atoms with Gasteiger partial charge in [0, 0.05) is 11.4 Å². The molecule has 1 atom stereocenters. The number of carbonyl (C=O) groups excluding carboxylic acids is 2. The van der Waals surface area contributed by atoms with Crippen molar-refractivity contribution in [3.05, 3.63) is 53.2 Å². The Balaban J connectivity index is 1.97. The van der Waals surface area contributed by atoms with Crippen LogP contribution in [0.4, 0.5) is 10.5 Å². The maximum atomic E-state index is 13.2. The number of rotatable bonds is 8. The molecule has 0 fully saturated rings. The van der Waals surface area contributed by atoms with Crippen molar-refractivity contribution in [3.63, 3.8) is 0 Å². The van der Waals surface area contributed by atoms with Crippen LogP contribution in [0.5, 0.6) is 23.0 Å². The van der Waals surface area contributed by atoms with Gasteiger partial charge in [-0.1, -0.05) is 0 Å². The SMILES string of the molecule is CCOc1ccc(NC(=O)C2=C(C)NC(=O)NC2c2cc(OC)c(OC)c(OC)c2)cc1. The van der Waals surface area contributed by atoms with E-state index in [2.05, 4.69) is 16.0 Å². The minimum atomic E-state index is -0.736. The van der Waals surface area contributed by atoms with E-state index in [1.54, 1.807) is 43.3 Å². The normalized spacial score (nSPS) is 15.4. The smallest absolute Gasteiger partial charge is 0.319 e. The Morgan fingerprint density at radius 3 is 2.19 bits per heavy atom. The van der Waals surface area contributed by atoms with Crippen LogP contribution >= 0.6 is 0 Å². The van der Waals surface area contributed by atoms with Gasteiger partial charge in [0.1, 0.15) is 5.75 Å². The molecule has 9 heteroatoms. The monoisotopic (exact) mass is 441 g/mol. The highest BCUT2D eigenvalue weighted by atomic mass is 16.5. The Hall–Kier alpha value is -3.88. The van der Waals surface area contributed by atoms with Crippen molar-refractivity contribution >= 4 is 17.6 Å². The summed E-state index contributed by atoms with van der Waals surface area (Å²) in [7, 11) is 4.51. The van der Waals surface area contributed by atoms with E-state index in [9.17, 15) is 9.59 Å². The molecule has 1 unspecified atom stereocenters. The zero-order valence-corrected chi connectivity index (χ0v) is 18.7. The number of hydrogen-bond donors (Lipinski definition) is 3. The maximum Gasteiger partial charge on any atom is 0.319 e. The lowest BCUT2D eigenvalue weighted by Gasteiger charge is -2.29. The summed E-state index contributed by atoms with van der Waals surface area (Å²) in [5.74, 6) is 1.60. The molecule has 3 amide bonds. The minimum absolute atomic E-state index is 0.354. The number of hydrogen-bond acceptors (Lipinski definition) is 6. The molecule has 0 aromatic heterocycles. The largest absolute Gasteiger partial charge is 0.494 e. The van der Waals surface area contributed by atoms with Crippen LogP contribution < -0.4 is 34.9 Å². The summed E-state index contributed by atoms with van der Waals surface area (Å²) in [4.78, 5) is 25.5. The first-order valence-electron chi connectivity index (χ1n) is 10.0. The minimum Gasteiger partial charge on any atom is -0.494 e. The Morgan fingerprint density at radius 2 is 1.66 bits per heavy atom. The van der Waals surface area contributed by atoms with E-state index in [0.29, 0.717) is 52.1 Å². The molecule has 0 saturated heterocycles. The first-order valence-corrected chi connectivity index (χ1v) is 10.0. The van der Waals surface area contributed by atoms with Crippen molar-refractivity contribution in [2.45, 2.75) is 19.9 Å². The third-order valence-electron chi connectivity index (χ3n) is 4.96. The topological polar surface area (TPSA) is 107 Å². The Kier molecular flexibility index (Phi) is 7.09. The van der Waals surface area contributed by atoms with Crippen molar-refractivity contribution in [2.75, 3.05) is 33.3 Å². The average Bonchev–Trinajstić information content (AvgIpc) is 2.78. The number of nitrogens with one attached hydrogen (secondary N) is 3. The second-order valence-corrected chi connectivity index (χ2v) is 6.94. The van der Waals surface area contributed by atoms with Gasteiger partial charge in [-0.25, -0.2) is 4.79 Å². The van der Waals surface area contributed by atoms with Crippen LogP contribution in [0.3, 0.4) is 0 Å². The Morgan fingerprint density at radius 1 is 1.03 bits per heavy atom. The van der Waals surface area contributed by atoms with Crippen LogP contribution in [0.1, 0.15) is 25.5 Å². The molecule has 1 aliphatic rings. The fourth-order valence-corrected chi connectivity index (χ4v) is 3.51. The molecule has 1 heterocycles. The molecule has 32 heavy (non-hydrogen) atoms. The summed E-state index contributed by atoms with van der Waals surface area (Å²) in [6.45, 7) is 4.13. The number of benzene rings is 2. The molecule has 3 N–H and O–H groups in total. The van der Waals surface area contributed by atoms with Gasteiger partial charge in [-0.15, -0.1) is 0 Å². The fourth-order valence-electron chi connectivity index (χ4n) is 3.51. The van der Waals surface area contributed by atoms with Crippen LogP contribution in [0.25, 0.3) is 0 Å². The van der Waals surface area contributed by atoms with E-state index in [1.165, 1.54) is 21.3 Å². The predicted molar refractivity (Wildman–Crippen MR) is 119 cm³/mol. The van der Waals surface area contributed by atoms with Gasteiger partial charge in [-0.2, -0.15) is 0 Å². The van der Waals surface area contributed by atoms with E-state index in [1.807, 2.05) is 6.92 Å². The second kappa shape index (κ2) is 9.95. The highest BCUT2D eigenvalue weighted by molar-refractivity contribution is 6.06. The molecule has 170 valence electrons. The van der Waals surface area contributed by atoms with Crippen LogP contribution in [0, 0.1) is 0 Å². The molecule has 0 spiro atoms. The first-order chi connectivity index (χ1) is 15.4. The number of methoxy groups -OCH3 is 3. The Labute approximate surface area is 186 Å². The van der Waals surface area contributed by atoms with Gasteiger partial charge >= 0.3 is 6.03 Å². The fraction of sp³-hybridized carbons (Fsp3) is 0.304. The van der Waals surface area contributed by atoms with Gasteiger partial charge < -0.3 is 34.9 Å². The quantitative estimate of drug-likeness (QED) is 0.580. The molecule has 0 aliphatic carbocycles. The summed E-state index contributed by atoms with van der Waals surface area (Å²) >= 11 is 0. The number of amides is 3. The second-order valence-electron chi connectivity index (χ2n) is 6.94. The van der Waals surface area contributed by atoms with Gasteiger partial charge in [0.2, 0.25) is 5.75 Å². The third-order valence-corrected chi connectivity index (χ3v) is 4.96. The molecular formula is C23H27N3O6. The maximum absolute atomic E-state index is 13.2. The molecule has 0 saturated carbocycles. The molecule has 9 nitrogen and oxygen atoms in total. The molecular weight excluding hydrogens is 414 g/mol. The number of allylic oxidation sites excluding steroid dienone is 1. The summed E-state index contributed by atoms with van der Waals surface area (Å²) in [6, 6.07) is 9.31. The zero-order valence-electron chi connectivity index (χ0n) is 18.7. The third kappa shape index (κ3) is 4.72. The van der Waals surface area contributed by atoms with E-state index < -0.39 is 12.1 Å². The van der Waals surface area contributed by atoms with Crippen LogP contribution in [-0.4, -0.2) is 39.9 Å². The van der Waals surface area contributed by atoms with E-state index >= 15 is 0 Å². The van der Waals surface area contributed by atoms with Crippen molar-refractivity contribution in [1.29, 1.82) is 0 Å². The zero-order chi connectivity index (χ0) is 23.3. The van der Waals surface area contributed by atoms with Crippen molar-refractivity contribution in [3.8, 4) is 23.0 Å². The molecule has 2 aromatic rings. The lowest BCUT2D eigenvalue weighted by atomic mass is 9.94. The lowest BCUT2D eigenvalue weighted by molar-refractivity contribution is -0.113. The summed E-state index contributed by atoms with van der Waals surface area (Å²) in [5, 5.41) is 8.34. The van der Waals surface area contributed by atoms with Gasteiger partial charge in [0.05, 0.1) is 39.6 Å². The number of urea groups is 1.